The summed E-state index contributed by atoms with van der Waals surface area (Å²) in [4.78, 5) is 28.8. The number of aromatic nitrogens is 2. The van der Waals surface area contributed by atoms with E-state index in [4.69, 9.17) is 0 Å². The first kappa shape index (κ1) is 17.5. The number of hydrogen-bond donors (Lipinski definition) is 2. The average Bonchev–Trinajstić information content (AvgIpc) is 2.62. The maximum absolute atomic E-state index is 13.5. The van der Waals surface area contributed by atoms with Crippen LogP contribution < -0.4 is 16.4 Å². The number of halogens is 3. The van der Waals surface area contributed by atoms with Crippen LogP contribution in [0, 0.1) is 24.4 Å². The van der Waals surface area contributed by atoms with Crippen molar-refractivity contribution in [1.29, 1.82) is 0 Å². The number of carbonyl (C=O) groups is 1. The van der Waals surface area contributed by atoms with Gasteiger partial charge in [0.15, 0.2) is 17.5 Å². The van der Waals surface area contributed by atoms with Crippen molar-refractivity contribution in [1.82, 2.24) is 15.0 Å². The number of fused-ring (bicyclic) bond motifs is 1. The van der Waals surface area contributed by atoms with E-state index in [1.807, 2.05) is 0 Å². The number of anilines is 1. The van der Waals surface area contributed by atoms with E-state index in [9.17, 15) is 22.8 Å². The molecule has 3 aromatic rings. The van der Waals surface area contributed by atoms with Crippen LogP contribution in [0.1, 0.15) is 5.82 Å². The van der Waals surface area contributed by atoms with Gasteiger partial charge in [0.05, 0.1) is 16.6 Å². The molecule has 0 bridgehead atoms. The number of carbonyl (C=O) groups excluding carboxylic acids is 1. The molecule has 0 atom stereocenters. The smallest absolute Gasteiger partial charge is 0.261 e. The summed E-state index contributed by atoms with van der Waals surface area (Å²) in [6.45, 7) is 1.18. The first-order valence-corrected chi connectivity index (χ1v) is 7.53. The van der Waals surface area contributed by atoms with Crippen LogP contribution in [0.25, 0.3) is 10.9 Å². The van der Waals surface area contributed by atoms with Gasteiger partial charge >= 0.3 is 0 Å². The molecular weight excluding hydrogens is 349 g/mol. The maximum Gasteiger partial charge on any atom is 0.261 e. The minimum Gasteiger partial charge on any atom is -0.295 e. The number of para-hydroxylation sites is 1. The molecule has 6 nitrogen and oxygen atoms in total. The minimum absolute atomic E-state index is 0.322. The van der Waals surface area contributed by atoms with Crippen LogP contribution in [0.2, 0.25) is 0 Å². The van der Waals surface area contributed by atoms with Gasteiger partial charge in [0, 0.05) is 0 Å². The second kappa shape index (κ2) is 6.87. The van der Waals surface area contributed by atoms with Crippen molar-refractivity contribution in [2.24, 2.45) is 0 Å². The molecule has 3 rings (SSSR count). The highest BCUT2D eigenvalue weighted by atomic mass is 19.2. The van der Waals surface area contributed by atoms with E-state index < -0.39 is 34.6 Å². The third-order valence-corrected chi connectivity index (χ3v) is 3.73. The fourth-order valence-corrected chi connectivity index (χ4v) is 2.41. The zero-order valence-electron chi connectivity index (χ0n) is 13.5. The number of rotatable bonds is 4. The first-order chi connectivity index (χ1) is 12.4. The van der Waals surface area contributed by atoms with E-state index in [0.29, 0.717) is 16.7 Å². The maximum atomic E-state index is 13.5. The molecule has 26 heavy (non-hydrogen) atoms. The van der Waals surface area contributed by atoms with Gasteiger partial charge in [-0.1, -0.05) is 12.1 Å². The van der Waals surface area contributed by atoms with Crippen LogP contribution in [-0.2, 0) is 11.3 Å². The van der Waals surface area contributed by atoms with Gasteiger partial charge in [-0.25, -0.2) is 18.2 Å². The van der Waals surface area contributed by atoms with E-state index in [-0.39, 0.29) is 6.54 Å². The normalized spacial score (nSPS) is 10.8. The lowest BCUT2D eigenvalue weighted by atomic mass is 10.2. The fourth-order valence-electron chi connectivity index (χ4n) is 2.41. The Bertz CT molecular complexity index is 1070. The summed E-state index contributed by atoms with van der Waals surface area (Å²) in [6, 6.07) is 8.34. The Morgan fingerprint density at radius 2 is 1.85 bits per heavy atom. The Hall–Kier alpha value is -3.36. The van der Waals surface area contributed by atoms with Crippen molar-refractivity contribution < 1.29 is 18.0 Å². The number of benzene rings is 2. The molecular formula is C17H13F3N4O2. The van der Waals surface area contributed by atoms with Gasteiger partial charge < -0.3 is 0 Å². The van der Waals surface area contributed by atoms with E-state index in [0.717, 1.165) is 16.7 Å². The molecule has 0 aliphatic heterocycles. The van der Waals surface area contributed by atoms with E-state index in [1.165, 1.54) is 0 Å². The van der Waals surface area contributed by atoms with E-state index >= 15 is 0 Å². The van der Waals surface area contributed by atoms with Gasteiger partial charge in [0.1, 0.15) is 12.4 Å². The molecule has 0 saturated carbocycles. The topological polar surface area (TPSA) is 76.0 Å². The van der Waals surface area contributed by atoms with Gasteiger partial charge in [0.2, 0.25) is 0 Å². The SMILES string of the molecule is Cc1nc2ccccc2c(=O)n1CC(=O)NNc1ccc(F)c(F)c1F. The number of hydrazine groups is 1. The highest BCUT2D eigenvalue weighted by Gasteiger charge is 2.15. The predicted molar refractivity (Wildman–Crippen MR) is 88.8 cm³/mol. The Morgan fingerprint density at radius 1 is 1.12 bits per heavy atom. The molecule has 2 N–H and O–H groups in total. The first-order valence-electron chi connectivity index (χ1n) is 7.53. The van der Waals surface area contributed by atoms with Gasteiger partial charge in [-0.05, 0) is 31.2 Å². The van der Waals surface area contributed by atoms with Crippen molar-refractivity contribution >= 4 is 22.5 Å². The zero-order valence-corrected chi connectivity index (χ0v) is 13.5. The second-order valence-corrected chi connectivity index (χ2v) is 5.46. The molecule has 9 heteroatoms. The molecule has 0 radical (unpaired) electrons. The van der Waals surface area contributed by atoms with Crippen LogP contribution in [0.3, 0.4) is 0 Å². The summed E-state index contributed by atoms with van der Waals surface area (Å²) in [5, 5.41) is 0.352. The Kier molecular flexibility index (Phi) is 4.61. The summed E-state index contributed by atoms with van der Waals surface area (Å²) in [5.41, 5.74) is 3.95. The molecule has 1 heterocycles. The second-order valence-electron chi connectivity index (χ2n) is 5.46. The molecule has 1 aromatic heterocycles. The summed E-state index contributed by atoms with van der Waals surface area (Å²) in [7, 11) is 0. The van der Waals surface area contributed by atoms with Crippen molar-refractivity contribution in [3.63, 3.8) is 0 Å². The highest BCUT2D eigenvalue weighted by Crippen LogP contribution is 2.18. The minimum atomic E-state index is -1.66. The van der Waals surface area contributed by atoms with Crippen molar-refractivity contribution in [3.05, 3.63) is 70.0 Å². The lowest BCUT2D eigenvalue weighted by molar-refractivity contribution is -0.121. The predicted octanol–water partition coefficient (Wildman–Crippen LogP) is 2.27. The van der Waals surface area contributed by atoms with Crippen LogP contribution in [0.4, 0.5) is 18.9 Å². The van der Waals surface area contributed by atoms with E-state index in [1.54, 1.807) is 31.2 Å². The molecule has 0 spiro atoms. The molecule has 134 valence electrons. The largest absolute Gasteiger partial charge is 0.295 e. The Balaban J connectivity index is 1.78. The van der Waals surface area contributed by atoms with Gasteiger partial charge in [-0.15, -0.1) is 0 Å². The lowest BCUT2D eigenvalue weighted by Gasteiger charge is -2.13. The van der Waals surface area contributed by atoms with Gasteiger partial charge in [-0.3, -0.25) is 25.0 Å². The number of aryl methyl sites for hydroxylation is 1. The molecule has 1 amide bonds. The van der Waals surface area contributed by atoms with Crippen molar-refractivity contribution in [3.8, 4) is 0 Å². The molecule has 0 saturated heterocycles. The monoisotopic (exact) mass is 362 g/mol. The molecule has 0 unspecified atom stereocenters. The van der Waals surface area contributed by atoms with Crippen LogP contribution in [-0.4, -0.2) is 15.5 Å². The number of nitrogens with zero attached hydrogens (tertiary/aromatic N) is 2. The van der Waals surface area contributed by atoms with Gasteiger partial charge in [0.25, 0.3) is 11.5 Å². The van der Waals surface area contributed by atoms with Crippen molar-refractivity contribution in [2.45, 2.75) is 13.5 Å². The van der Waals surface area contributed by atoms with E-state index in [2.05, 4.69) is 15.8 Å². The van der Waals surface area contributed by atoms with Gasteiger partial charge in [-0.2, -0.15) is 0 Å². The third-order valence-electron chi connectivity index (χ3n) is 3.73. The molecule has 0 aliphatic rings. The summed E-state index contributed by atoms with van der Waals surface area (Å²) < 4.78 is 40.7. The fraction of sp³-hybridized carbons (Fsp3) is 0.118. The summed E-state index contributed by atoms with van der Waals surface area (Å²) in [6.07, 6.45) is 0. The third kappa shape index (κ3) is 3.23. The molecule has 0 fully saturated rings. The van der Waals surface area contributed by atoms with Crippen LogP contribution in [0.5, 0.6) is 0 Å². The number of nitrogens with one attached hydrogen (secondary N) is 2. The molecule has 2 aromatic carbocycles. The molecule has 0 aliphatic carbocycles. The Labute approximate surface area is 145 Å². The summed E-state index contributed by atoms with van der Waals surface area (Å²) in [5.74, 6) is -4.84. The standard InChI is InChI=1S/C17H13F3N4O2/c1-9-21-12-5-3-2-4-10(12)17(26)24(9)8-14(25)23-22-13-7-6-11(18)15(19)16(13)20/h2-7,22H,8H2,1H3,(H,23,25). The zero-order chi connectivity index (χ0) is 18.8. The van der Waals surface area contributed by atoms with Crippen LogP contribution >= 0.6 is 0 Å². The Morgan fingerprint density at radius 3 is 2.62 bits per heavy atom. The average molecular weight is 362 g/mol. The lowest BCUT2D eigenvalue weighted by Crippen LogP contribution is -2.37. The van der Waals surface area contributed by atoms with Crippen LogP contribution in [0.15, 0.2) is 41.2 Å². The number of amides is 1. The van der Waals surface area contributed by atoms with Crippen molar-refractivity contribution in [2.75, 3.05) is 5.43 Å². The highest BCUT2D eigenvalue weighted by molar-refractivity contribution is 5.79. The number of hydrogen-bond acceptors (Lipinski definition) is 4. The quantitative estimate of drug-likeness (QED) is 0.551. The summed E-state index contributed by atoms with van der Waals surface area (Å²) >= 11 is 0.